The zero-order valence-corrected chi connectivity index (χ0v) is 20.4. The van der Waals surface area contributed by atoms with Crippen molar-refractivity contribution < 1.29 is 9.69 Å². The summed E-state index contributed by atoms with van der Waals surface area (Å²) in [6, 6.07) is 26.3. The molecule has 1 saturated heterocycles. The number of carbonyl (C=O) groups excluding carboxylic acids is 1. The molecular formula is C30H36N3O+. The Morgan fingerprint density at radius 1 is 0.941 bits per heavy atom. The summed E-state index contributed by atoms with van der Waals surface area (Å²) in [7, 11) is 0. The second kappa shape index (κ2) is 10.0. The number of fused-ring (bicyclic) bond motifs is 1. The number of quaternary nitrogens is 1. The zero-order valence-electron chi connectivity index (χ0n) is 20.4. The molecule has 34 heavy (non-hydrogen) atoms. The highest BCUT2D eigenvalue weighted by molar-refractivity contribution is 5.94. The van der Waals surface area contributed by atoms with Gasteiger partial charge >= 0.3 is 0 Å². The molecule has 2 aliphatic heterocycles. The van der Waals surface area contributed by atoms with E-state index in [-0.39, 0.29) is 18.0 Å². The van der Waals surface area contributed by atoms with Crippen molar-refractivity contribution in [1.29, 1.82) is 0 Å². The lowest BCUT2D eigenvalue weighted by Crippen LogP contribution is -3.11. The van der Waals surface area contributed by atoms with Crippen molar-refractivity contribution in [2.45, 2.75) is 58.2 Å². The molecule has 0 radical (unpaired) electrons. The van der Waals surface area contributed by atoms with Crippen LogP contribution in [0.25, 0.3) is 11.1 Å². The first-order chi connectivity index (χ1) is 16.6. The zero-order chi connectivity index (χ0) is 23.5. The van der Waals surface area contributed by atoms with E-state index in [4.69, 9.17) is 0 Å². The average Bonchev–Trinajstić information content (AvgIpc) is 2.85. The number of hydrogen-bond acceptors (Lipinski definition) is 2. The maximum absolute atomic E-state index is 12.5. The van der Waals surface area contributed by atoms with Gasteiger partial charge in [0.1, 0.15) is 6.54 Å². The Hall–Kier alpha value is -3.11. The van der Waals surface area contributed by atoms with Gasteiger partial charge in [0.25, 0.3) is 0 Å². The van der Waals surface area contributed by atoms with Crippen LogP contribution in [-0.2, 0) is 11.3 Å². The normalized spacial score (nSPS) is 20.6. The maximum atomic E-state index is 12.5. The number of piperidine rings is 1. The first-order valence-corrected chi connectivity index (χ1v) is 12.8. The molecule has 3 aromatic carbocycles. The van der Waals surface area contributed by atoms with E-state index in [2.05, 4.69) is 79.0 Å². The molecule has 2 atom stereocenters. The Bertz CT molecular complexity index is 1120. The predicted octanol–water partition coefficient (Wildman–Crippen LogP) is 5.22. The third-order valence-electron chi connectivity index (χ3n) is 7.44. The minimum Gasteiger partial charge on any atom is -0.378 e. The lowest BCUT2D eigenvalue weighted by atomic mass is 9.88. The van der Waals surface area contributed by atoms with Gasteiger partial charge in [-0.1, -0.05) is 48.5 Å². The minimum absolute atomic E-state index is 0.101. The third kappa shape index (κ3) is 4.88. The minimum atomic E-state index is 0.101. The van der Waals surface area contributed by atoms with Crippen molar-refractivity contribution in [3.8, 4) is 11.1 Å². The van der Waals surface area contributed by atoms with E-state index in [0.717, 1.165) is 24.3 Å². The molecular weight excluding hydrogens is 418 g/mol. The van der Waals surface area contributed by atoms with Crippen molar-refractivity contribution in [2.75, 3.05) is 23.3 Å². The van der Waals surface area contributed by atoms with Gasteiger partial charge in [0.15, 0.2) is 0 Å². The van der Waals surface area contributed by atoms with E-state index in [1.165, 1.54) is 54.6 Å². The van der Waals surface area contributed by atoms with Crippen LogP contribution in [0.2, 0.25) is 0 Å². The fourth-order valence-corrected chi connectivity index (χ4v) is 5.73. The van der Waals surface area contributed by atoms with Crippen LogP contribution in [0.3, 0.4) is 0 Å². The van der Waals surface area contributed by atoms with Gasteiger partial charge in [-0.05, 0) is 73.6 Å². The highest BCUT2D eigenvalue weighted by Crippen LogP contribution is 2.41. The Labute approximate surface area is 203 Å². The van der Waals surface area contributed by atoms with Gasteiger partial charge in [-0.25, -0.2) is 0 Å². The number of benzene rings is 3. The molecule has 2 heterocycles. The Kier molecular flexibility index (Phi) is 6.68. The van der Waals surface area contributed by atoms with Gasteiger partial charge in [0.05, 0.1) is 19.1 Å². The highest BCUT2D eigenvalue weighted by atomic mass is 16.2. The summed E-state index contributed by atoms with van der Waals surface area (Å²) in [5.74, 6) is 0.101. The number of likely N-dealkylation sites (tertiary alicyclic amines) is 1. The summed E-state index contributed by atoms with van der Waals surface area (Å²) in [4.78, 5) is 16.2. The van der Waals surface area contributed by atoms with E-state index in [9.17, 15) is 4.79 Å². The Morgan fingerprint density at radius 2 is 1.65 bits per heavy atom. The summed E-state index contributed by atoms with van der Waals surface area (Å²) in [5.41, 5.74) is 7.17. The SMILES string of the molecule is CC(=O)N1c2ccc(-c3ccc(C[NH+]4CCCCC4)cc3)cc2[C@H](Nc2ccccc2)C[C@@H]1C. The second-order valence-corrected chi connectivity index (χ2v) is 9.99. The van der Waals surface area contributed by atoms with E-state index < -0.39 is 0 Å². The van der Waals surface area contributed by atoms with Gasteiger partial charge in [0.2, 0.25) is 5.91 Å². The molecule has 2 aliphatic rings. The summed E-state index contributed by atoms with van der Waals surface area (Å²) < 4.78 is 0. The van der Waals surface area contributed by atoms with Crippen LogP contribution in [-0.4, -0.2) is 25.0 Å². The van der Waals surface area contributed by atoms with Gasteiger partial charge in [-0.15, -0.1) is 0 Å². The Balaban J connectivity index is 1.43. The largest absolute Gasteiger partial charge is 0.378 e. The molecule has 0 bridgehead atoms. The van der Waals surface area contributed by atoms with Crippen LogP contribution in [0.1, 0.15) is 56.7 Å². The van der Waals surface area contributed by atoms with Crippen molar-refractivity contribution in [2.24, 2.45) is 0 Å². The number of amides is 1. The molecule has 5 rings (SSSR count). The van der Waals surface area contributed by atoms with E-state index >= 15 is 0 Å². The number of anilines is 2. The van der Waals surface area contributed by atoms with Crippen molar-refractivity contribution in [1.82, 2.24) is 0 Å². The number of hydrogen-bond donors (Lipinski definition) is 2. The number of nitrogens with one attached hydrogen (secondary N) is 2. The van der Waals surface area contributed by atoms with E-state index in [1.54, 1.807) is 11.8 Å². The predicted molar refractivity (Wildman–Crippen MR) is 140 cm³/mol. The van der Waals surface area contributed by atoms with Crippen LogP contribution in [0.4, 0.5) is 11.4 Å². The molecule has 1 amide bonds. The average molecular weight is 455 g/mol. The first kappa shape index (κ1) is 22.7. The van der Waals surface area contributed by atoms with Gasteiger partial charge < -0.3 is 15.1 Å². The molecule has 176 valence electrons. The van der Waals surface area contributed by atoms with Crippen LogP contribution in [0, 0.1) is 0 Å². The number of carbonyl (C=O) groups is 1. The Morgan fingerprint density at radius 3 is 2.35 bits per heavy atom. The maximum Gasteiger partial charge on any atom is 0.224 e. The summed E-state index contributed by atoms with van der Waals surface area (Å²) in [5, 5.41) is 3.72. The van der Waals surface area contributed by atoms with Crippen molar-refractivity contribution in [3.05, 3.63) is 83.9 Å². The van der Waals surface area contributed by atoms with E-state index in [1.807, 2.05) is 11.0 Å². The van der Waals surface area contributed by atoms with Gasteiger partial charge in [-0.3, -0.25) is 4.79 Å². The third-order valence-corrected chi connectivity index (χ3v) is 7.44. The van der Waals surface area contributed by atoms with Crippen LogP contribution < -0.4 is 15.1 Å². The fraction of sp³-hybridized carbons (Fsp3) is 0.367. The number of rotatable bonds is 5. The molecule has 3 aromatic rings. The molecule has 0 aromatic heterocycles. The monoisotopic (exact) mass is 454 g/mol. The van der Waals surface area contributed by atoms with Crippen molar-refractivity contribution >= 4 is 17.3 Å². The lowest BCUT2D eigenvalue weighted by Gasteiger charge is -2.39. The lowest BCUT2D eigenvalue weighted by molar-refractivity contribution is -0.918. The van der Waals surface area contributed by atoms with Crippen molar-refractivity contribution in [3.63, 3.8) is 0 Å². The molecule has 0 saturated carbocycles. The molecule has 0 aliphatic carbocycles. The van der Waals surface area contributed by atoms with Gasteiger partial charge in [-0.2, -0.15) is 0 Å². The molecule has 4 heteroatoms. The van der Waals surface area contributed by atoms with Crippen LogP contribution >= 0.6 is 0 Å². The van der Waals surface area contributed by atoms with Crippen LogP contribution in [0.15, 0.2) is 72.8 Å². The number of nitrogens with zero attached hydrogens (tertiary/aromatic N) is 1. The quantitative estimate of drug-likeness (QED) is 0.555. The topological polar surface area (TPSA) is 36.8 Å². The smallest absolute Gasteiger partial charge is 0.224 e. The first-order valence-electron chi connectivity index (χ1n) is 12.8. The molecule has 0 spiro atoms. The molecule has 2 N–H and O–H groups in total. The summed E-state index contributed by atoms with van der Waals surface area (Å²) in [6.07, 6.45) is 4.98. The van der Waals surface area contributed by atoms with Crippen LogP contribution in [0.5, 0.6) is 0 Å². The number of para-hydroxylation sites is 1. The van der Waals surface area contributed by atoms with Gasteiger partial charge in [0, 0.05) is 29.9 Å². The summed E-state index contributed by atoms with van der Waals surface area (Å²) >= 11 is 0. The standard InChI is InChI=1S/C30H35N3O/c1-22-19-29(31-27-9-5-3-6-10-27)28-20-26(15-16-30(28)33(22)23(2)34)25-13-11-24(12-14-25)21-32-17-7-4-8-18-32/h3,5-6,9-16,20,22,29,31H,4,7-8,17-19,21H2,1-2H3/p+1/t22-,29+/m0/s1. The fourth-order valence-electron chi connectivity index (χ4n) is 5.73. The highest BCUT2D eigenvalue weighted by Gasteiger charge is 2.32. The molecule has 0 unspecified atom stereocenters. The molecule has 1 fully saturated rings. The summed E-state index contributed by atoms with van der Waals surface area (Å²) in [6.45, 7) is 7.53. The molecule has 4 nitrogen and oxygen atoms in total. The second-order valence-electron chi connectivity index (χ2n) is 9.99. The van der Waals surface area contributed by atoms with E-state index in [0.29, 0.717) is 0 Å².